The zero-order valence-electron chi connectivity index (χ0n) is 10.9. The van der Waals surface area contributed by atoms with Crippen LogP contribution in [0.5, 0.6) is 5.75 Å². The van der Waals surface area contributed by atoms with Gasteiger partial charge in [-0.15, -0.1) is 0 Å². The summed E-state index contributed by atoms with van der Waals surface area (Å²) >= 11 is 0. The van der Waals surface area contributed by atoms with E-state index in [0.29, 0.717) is 6.04 Å². The number of hydrogen-bond acceptors (Lipinski definition) is 2. The van der Waals surface area contributed by atoms with Gasteiger partial charge < -0.3 is 10.1 Å². The van der Waals surface area contributed by atoms with Crippen LogP contribution in [0, 0.1) is 5.92 Å². The van der Waals surface area contributed by atoms with Gasteiger partial charge in [0, 0.05) is 18.2 Å². The molecule has 1 aromatic carbocycles. The molecule has 0 spiro atoms. The second-order valence-corrected chi connectivity index (χ2v) is 4.90. The Hall–Kier alpha value is -1.02. The molecule has 0 heterocycles. The quantitative estimate of drug-likeness (QED) is 0.842. The standard InChI is InChI=1S/C15H23NO/c1-3-12-8-6-9-14(12)16-11-13-7-4-5-10-15(13)17-2/h4-5,7,10,12,14,16H,3,6,8-9,11H2,1-2H3. The maximum absolute atomic E-state index is 5.37. The molecule has 1 aliphatic rings. The number of rotatable bonds is 5. The van der Waals surface area contributed by atoms with E-state index in [-0.39, 0.29) is 0 Å². The molecule has 0 aromatic heterocycles. The summed E-state index contributed by atoms with van der Waals surface area (Å²) in [5.41, 5.74) is 1.26. The predicted octanol–water partition coefficient (Wildman–Crippen LogP) is 3.36. The minimum absolute atomic E-state index is 0.699. The zero-order valence-corrected chi connectivity index (χ0v) is 10.9. The summed E-state index contributed by atoms with van der Waals surface area (Å²) in [7, 11) is 1.74. The Labute approximate surface area is 104 Å². The molecular weight excluding hydrogens is 210 g/mol. The van der Waals surface area contributed by atoms with Gasteiger partial charge in [-0.2, -0.15) is 0 Å². The third-order valence-electron chi connectivity index (χ3n) is 3.93. The van der Waals surface area contributed by atoms with Crippen LogP contribution in [0.3, 0.4) is 0 Å². The van der Waals surface area contributed by atoms with Crippen LogP contribution in [0.4, 0.5) is 0 Å². The van der Waals surface area contributed by atoms with E-state index < -0.39 is 0 Å². The summed E-state index contributed by atoms with van der Waals surface area (Å²) < 4.78 is 5.37. The second kappa shape index (κ2) is 6.06. The first-order chi connectivity index (χ1) is 8.35. The molecule has 2 unspecified atom stereocenters. The van der Waals surface area contributed by atoms with Gasteiger partial charge in [0.25, 0.3) is 0 Å². The molecular formula is C15H23NO. The Bertz CT molecular complexity index is 351. The molecule has 1 N–H and O–H groups in total. The van der Waals surface area contributed by atoms with Crippen molar-refractivity contribution >= 4 is 0 Å². The fourth-order valence-corrected chi connectivity index (χ4v) is 2.88. The maximum Gasteiger partial charge on any atom is 0.123 e. The number of methoxy groups -OCH3 is 1. The van der Waals surface area contributed by atoms with Gasteiger partial charge in [0.1, 0.15) is 5.75 Å². The molecule has 0 saturated heterocycles. The molecule has 2 heteroatoms. The van der Waals surface area contributed by atoms with Crippen molar-refractivity contribution in [3.05, 3.63) is 29.8 Å². The van der Waals surface area contributed by atoms with Crippen molar-refractivity contribution in [2.24, 2.45) is 5.92 Å². The van der Waals surface area contributed by atoms with Gasteiger partial charge in [-0.1, -0.05) is 38.0 Å². The van der Waals surface area contributed by atoms with Crippen LogP contribution in [0.2, 0.25) is 0 Å². The summed E-state index contributed by atoms with van der Waals surface area (Å²) in [5.74, 6) is 1.86. The van der Waals surface area contributed by atoms with E-state index in [1.165, 1.54) is 31.2 Å². The maximum atomic E-state index is 5.37. The number of benzene rings is 1. The summed E-state index contributed by atoms with van der Waals surface area (Å²) in [6.45, 7) is 3.22. The molecule has 1 fully saturated rings. The van der Waals surface area contributed by atoms with Gasteiger partial charge in [-0.05, 0) is 24.8 Å². The van der Waals surface area contributed by atoms with Gasteiger partial charge in [0.15, 0.2) is 0 Å². The smallest absolute Gasteiger partial charge is 0.123 e. The van der Waals surface area contributed by atoms with Crippen molar-refractivity contribution in [2.45, 2.75) is 45.2 Å². The Balaban J connectivity index is 1.93. The van der Waals surface area contributed by atoms with Crippen molar-refractivity contribution in [1.29, 1.82) is 0 Å². The lowest BCUT2D eigenvalue weighted by Crippen LogP contribution is -2.31. The minimum Gasteiger partial charge on any atom is -0.496 e. The molecule has 2 nitrogen and oxygen atoms in total. The summed E-state index contributed by atoms with van der Waals surface area (Å²) in [5, 5.41) is 3.69. The van der Waals surface area contributed by atoms with Gasteiger partial charge >= 0.3 is 0 Å². The highest BCUT2D eigenvalue weighted by atomic mass is 16.5. The average molecular weight is 233 g/mol. The first-order valence-electron chi connectivity index (χ1n) is 6.70. The minimum atomic E-state index is 0.699. The van der Waals surface area contributed by atoms with E-state index >= 15 is 0 Å². The highest BCUT2D eigenvalue weighted by molar-refractivity contribution is 5.33. The van der Waals surface area contributed by atoms with Crippen molar-refractivity contribution in [3.8, 4) is 5.75 Å². The van der Waals surface area contributed by atoms with Crippen molar-refractivity contribution in [3.63, 3.8) is 0 Å². The van der Waals surface area contributed by atoms with E-state index in [2.05, 4.69) is 24.4 Å². The SMILES string of the molecule is CCC1CCCC1NCc1ccccc1OC. The monoisotopic (exact) mass is 233 g/mol. The van der Waals surface area contributed by atoms with E-state index in [1.807, 2.05) is 12.1 Å². The van der Waals surface area contributed by atoms with Crippen LogP contribution in [0.25, 0.3) is 0 Å². The topological polar surface area (TPSA) is 21.3 Å². The summed E-state index contributed by atoms with van der Waals surface area (Å²) in [6.07, 6.45) is 5.39. The zero-order chi connectivity index (χ0) is 12.1. The van der Waals surface area contributed by atoms with Gasteiger partial charge in [0.2, 0.25) is 0 Å². The molecule has 1 saturated carbocycles. The van der Waals surface area contributed by atoms with Crippen LogP contribution in [0.1, 0.15) is 38.2 Å². The Morgan fingerprint density at radius 3 is 2.88 bits per heavy atom. The molecule has 1 aromatic rings. The third-order valence-corrected chi connectivity index (χ3v) is 3.93. The molecule has 0 aliphatic heterocycles. The first kappa shape index (κ1) is 12.4. The molecule has 2 atom stereocenters. The molecule has 0 bridgehead atoms. The van der Waals surface area contributed by atoms with Crippen molar-refractivity contribution < 1.29 is 4.74 Å². The largest absolute Gasteiger partial charge is 0.496 e. The predicted molar refractivity (Wildman–Crippen MR) is 71.3 cm³/mol. The van der Waals surface area contributed by atoms with Gasteiger partial charge in [-0.3, -0.25) is 0 Å². The normalized spacial score (nSPS) is 23.9. The molecule has 0 radical (unpaired) electrons. The van der Waals surface area contributed by atoms with E-state index in [0.717, 1.165) is 18.2 Å². The third kappa shape index (κ3) is 3.01. The van der Waals surface area contributed by atoms with Crippen molar-refractivity contribution in [2.75, 3.05) is 7.11 Å². The number of nitrogens with one attached hydrogen (secondary N) is 1. The Morgan fingerprint density at radius 2 is 2.12 bits per heavy atom. The molecule has 1 aliphatic carbocycles. The average Bonchev–Trinajstić information content (AvgIpc) is 2.84. The van der Waals surface area contributed by atoms with Crippen LogP contribution in [0.15, 0.2) is 24.3 Å². The summed E-state index contributed by atoms with van der Waals surface area (Å²) in [4.78, 5) is 0. The van der Waals surface area contributed by atoms with Crippen LogP contribution >= 0.6 is 0 Å². The fourth-order valence-electron chi connectivity index (χ4n) is 2.88. The Kier molecular flexibility index (Phi) is 4.43. The number of hydrogen-bond donors (Lipinski definition) is 1. The lowest BCUT2D eigenvalue weighted by molar-refractivity contribution is 0.378. The van der Waals surface area contributed by atoms with Gasteiger partial charge in [-0.25, -0.2) is 0 Å². The molecule has 94 valence electrons. The number of ether oxygens (including phenoxy) is 1. The van der Waals surface area contributed by atoms with E-state index in [1.54, 1.807) is 7.11 Å². The van der Waals surface area contributed by atoms with E-state index in [9.17, 15) is 0 Å². The Morgan fingerprint density at radius 1 is 1.29 bits per heavy atom. The molecule has 2 rings (SSSR count). The lowest BCUT2D eigenvalue weighted by atomic mass is 10.0. The highest BCUT2D eigenvalue weighted by Crippen LogP contribution is 2.28. The molecule has 0 amide bonds. The summed E-state index contributed by atoms with van der Waals surface area (Å²) in [6, 6.07) is 8.97. The van der Waals surface area contributed by atoms with Crippen LogP contribution < -0.4 is 10.1 Å². The fraction of sp³-hybridized carbons (Fsp3) is 0.600. The first-order valence-corrected chi connectivity index (χ1v) is 6.70. The van der Waals surface area contributed by atoms with E-state index in [4.69, 9.17) is 4.74 Å². The second-order valence-electron chi connectivity index (χ2n) is 4.90. The molecule has 17 heavy (non-hydrogen) atoms. The lowest BCUT2D eigenvalue weighted by Gasteiger charge is -2.20. The van der Waals surface area contributed by atoms with Gasteiger partial charge in [0.05, 0.1) is 7.11 Å². The highest BCUT2D eigenvalue weighted by Gasteiger charge is 2.25. The number of para-hydroxylation sites is 1. The van der Waals surface area contributed by atoms with Crippen LogP contribution in [-0.2, 0) is 6.54 Å². The van der Waals surface area contributed by atoms with Crippen molar-refractivity contribution in [1.82, 2.24) is 5.32 Å². The van der Waals surface area contributed by atoms with Crippen LogP contribution in [-0.4, -0.2) is 13.2 Å².